The number of aromatic nitrogens is 3. The second-order valence-electron chi connectivity index (χ2n) is 1.25. The first kappa shape index (κ1) is 4.23. The van der Waals surface area contributed by atoms with E-state index in [2.05, 4.69) is 10.3 Å². The third-order valence-corrected chi connectivity index (χ3v) is 0.581. The minimum atomic E-state index is 0.176. The van der Waals surface area contributed by atoms with Gasteiger partial charge in [-0.1, -0.05) is 9.39 Å². The first-order chi connectivity index (χ1) is 3.29. The molecule has 0 saturated heterocycles. The molecule has 1 aromatic rings. The highest BCUT2D eigenvalue weighted by atomic mass is 19.2. The standard InChI is InChI=1S/C3H4FN3/c1-3-2-7(4)6-5-3/h2H,1H3. The molecule has 0 aliphatic carbocycles. The van der Waals surface area contributed by atoms with E-state index in [1.54, 1.807) is 6.92 Å². The van der Waals surface area contributed by atoms with Gasteiger partial charge >= 0.3 is 0 Å². The van der Waals surface area contributed by atoms with Crippen molar-refractivity contribution >= 4 is 0 Å². The number of aryl methyl sites for hydroxylation is 1. The van der Waals surface area contributed by atoms with Crippen molar-refractivity contribution in [3.8, 4) is 0 Å². The summed E-state index contributed by atoms with van der Waals surface area (Å²) in [5, 5.41) is 6.37. The van der Waals surface area contributed by atoms with Gasteiger partial charge in [-0.05, 0) is 12.1 Å². The monoisotopic (exact) mass is 101 g/mol. The fourth-order valence-corrected chi connectivity index (χ4v) is 0.319. The quantitative estimate of drug-likeness (QED) is 0.471. The van der Waals surface area contributed by atoms with Gasteiger partial charge in [0.1, 0.15) is 0 Å². The van der Waals surface area contributed by atoms with Crippen LogP contribution in [0.4, 0.5) is 4.48 Å². The molecule has 0 spiro atoms. The third kappa shape index (κ3) is 0.734. The van der Waals surface area contributed by atoms with Crippen LogP contribution in [0, 0.1) is 6.92 Å². The molecule has 0 aromatic carbocycles. The van der Waals surface area contributed by atoms with Crippen molar-refractivity contribution in [2.75, 3.05) is 0 Å². The Balaban J connectivity index is 3.04. The molecule has 1 rings (SSSR count). The molecule has 0 N–H and O–H groups in total. The van der Waals surface area contributed by atoms with Gasteiger partial charge < -0.3 is 0 Å². The van der Waals surface area contributed by atoms with Crippen LogP contribution in [0.25, 0.3) is 0 Å². The van der Waals surface area contributed by atoms with Crippen LogP contribution in [-0.4, -0.2) is 15.2 Å². The molecule has 0 bridgehead atoms. The summed E-state index contributed by atoms with van der Waals surface area (Å²) >= 11 is 0. The number of hydrogen-bond donors (Lipinski definition) is 0. The van der Waals surface area contributed by atoms with Gasteiger partial charge in [-0.3, -0.25) is 0 Å². The SMILES string of the molecule is Cc1cn(F)nn1. The maximum Gasteiger partial charge on any atom is 0.0842 e. The first-order valence-electron chi connectivity index (χ1n) is 1.84. The summed E-state index contributed by atoms with van der Waals surface area (Å²) in [5.41, 5.74) is 0.586. The van der Waals surface area contributed by atoms with Gasteiger partial charge in [-0.15, -0.1) is 5.10 Å². The maximum atomic E-state index is 11.7. The molecule has 0 unspecified atom stereocenters. The Hall–Kier alpha value is -0.930. The van der Waals surface area contributed by atoms with Crippen molar-refractivity contribution in [3.63, 3.8) is 0 Å². The lowest BCUT2D eigenvalue weighted by Gasteiger charge is -1.68. The summed E-state index contributed by atoms with van der Waals surface area (Å²) < 4.78 is 11.7. The molecule has 4 heteroatoms. The molecule has 0 aliphatic heterocycles. The fraction of sp³-hybridized carbons (Fsp3) is 0.333. The number of hydrogen-bond acceptors (Lipinski definition) is 2. The molecule has 0 saturated carbocycles. The van der Waals surface area contributed by atoms with Crippen molar-refractivity contribution in [2.45, 2.75) is 6.92 Å². The molecule has 1 aromatic heterocycles. The summed E-state index contributed by atoms with van der Waals surface area (Å²) in [6.07, 6.45) is 1.19. The summed E-state index contributed by atoms with van der Waals surface area (Å²) in [7, 11) is 0. The van der Waals surface area contributed by atoms with E-state index in [0.29, 0.717) is 5.69 Å². The van der Waals surface area contributed by atoms with Crippen LogP contribution in [0.2, 0.25) is 0 Å². The Kier molecular flexibility index (Phi) is 0.780. The van der Waals surface area contributed by atoms with E-state index >= 15 is 0 Å². The second-order valence-corrected chi connectivity index (χ2v) is 1.25. The number of nitrogens with zero attached hydrogens (tertiary/aromatic N) is 3. The van der Waals surface area contributed by atoms with Crippen LogP contribution in [-0.2, 0) is 0 Å². The molecule has 7 heavy (non-hydrogen) atoms. The fourth-order valence-electron chi connectivity index (χ4n) is 0.319. The average Bonchev–Trinajstić information content (AvgIpc) is 1.87. The zero-order chi connectivity index (χ0) is 5.28. The molecular weight excluding hydrogens is 97.1 g/mol. The number of halogens is 1. The van der Waals surface area contributed by atoms with Gasteiger partial charge in [-0.2, -0.15) is 0 Å². The van der Waals surface area contributed by atoms with Crippen molar-refractivity contribution in [1.29, 1.82) is 0 Å². The first-order valence-corrected chi connectivity index (χ1v) is 1.84. The average molecular weight is 101 g/mol. The predicted octanol–water partition coefficient (Wildman–Crippen LogP) is 0.319. The molecule has 0 amide bonds. The summed E-state index contributed by atoms with van der Waals surface area (Å²) in [5.74, 6) is 0. The Labute approximate surface area is 39.7 Å². The zero-order valence-electron chi connectivity index (χ0n) is 3.80. The van der Waals surface area contributed by atoms with E-state index in [1.807, 2.05) is 0 Å². The minimum absolute atomic E-state index is 0.176. The summed E-state index contributed by atoms with van der Waals surface area (Å²) in [6, 6.07) is 0. The molecule has 3 nitrogen and oxygen atoms in total. The largest absolute Gasteiger partial charge is 0.133 e. The van der Waals surface area contributed by atoms with E-state index in [-0.39, 0.29) is 4.90 Å². The van der Waals surface area contributed by atoms with Crippen LogP contribution in [0.1, 0.15) is 5.69 Å². The second kappa shape index (κ2) is 1.29. The predicted molar refractivity (Wildman–Crippen MR) is 21.3 cm³/mol. The zero-order valence-corrected chi connectivity index (χ0v) is 3.80. The lowest BCUT2D eigenvalue weighted by Crippen LogP contribution is -1.78. The van der Waals surface area contributed by atoms with Crippen LogP contribution in [0.5, 0.6) is 0 Å². The van der Waals surface area contributed by atoms with Crippen molar-refractivity contribution in [1.82, 2.24) is 15.2 Å². The van der Waals surface area contributed by atoms with Crippen LogP contribution < -0.4 is 0 Å². The van der Waals surface area contributed by atoms with Gasteiger partial charge in [0.05, 0.1) is 11.9 Å². The van der Waals surface area contributed by atoms with Gasteiger partial charge in [0, 0.05) is 0 Å². The highest BCUT2D eigenvalue weighted by molar-refractivity contribution is 4.84. The van der Waals surface area contributed by atoms with E-state index in [0.717, 1.165) is 0 Å². The number of rotatable bonds is 0. The van der Waals surface area contributed by atoms with Crippen LogP contribution in [0.3, 0.4) is 0 Å². The van der Waals surface area contributed by atoms with Crippen LogP contribution in [0.15, 0.2) is 6.20 Å². The van der Waals surface area contributed by atoms with Gasteiger partial charge in [0.15, 0.2) is 0 Å². The van der Waals surface area contributed by atoms with E-state index in [1.165, 1.54) is 6.20 Å². The Morgan fingerprint density at radius 1 is 1.86 bits per heavy atom. The molecular formula is C3H4FN3. The van der Waals surface area contributed by atoms with Crippen molar-refractivity contribution in [3.05, 3.63) is 11.9 Å². The Morgan fingerprint density at radius 2 is 2.57 bits per heavy atom. The van der Waals surface area contributed by atoms with E-state index < -0.39 is 0 Å². The summed E-state index contributed by atoms with van der Waals surface area (Å²) in [4.78, 5) is 0.176. The lowest BCUT2D eigenvalue weighted by molar-refractivity contribution is 0.306. The molecule has 38 valence electrons. The normalized spacial score (nSPS) is 9.43. The topological polar surface area (TPSA) is 30.7 Å². The van der Waals surface area contributed by atoms with Gasteiger partial charge in [0.2, 0.25) is 0 Å². The van der Waals surface area contributed by atoms with E-state index in [4.69, 9.17) is 0 Å². The highest BCUT2D eigenvalue weighted by Gasteiger charge is 1.87. The molecule has 0 fully saturated rings. The minimum Gasteiger partial charge on any atom is -0.133 e. The van der Waals surface area contributed by atoms with Crippen LogP contribution >= 0.6 is 0 Å². The Morgan fingerprint density at radius 3 is 2.71 bits per heavy atom. The van der Waals surface area contributed by atoms with Gasteiger partial charge in [-0.25, -0.2) is 0 Å². The molecule has 0 atom stereocenters. The van der Waals surface area contributed by atoms with Crippen molar-refractivity contribution < 1.29 is 4.48 Å². The highest BCUT2D eigenvalue weighted by Crippen LogP contribution is 1.85. The lowest BCUT2D eigenvalue weighted by atomic mass is 10.6. The summed E-state index contributed by atoms with van der Waals surface area (Å²) in [6.45, 7) is 1.67. The van der Waals surface area contributed by atoms with E-state index in [9.17, 15) is 4.48 Å². The molecule has 0 radical (unpaired) electrons. The van der Waals surface area contributed by atoms with Crippen molar-refractivity contribution in [2.24, 2.45) is 0 Å². The smallest absolute Gasteiger partial charge is 0.0842 e. The maximum absolute atomic E-state index is 11.7. The Bertz CT molecular complexity index is 142. The molecule has 0 aliphatic rings. The molecule has 1 heterocycles. The third-order valence-electron chi connectivity index (χ3n) is 0.581. The van der Waals surface area contributed by atoms with Gasteiger partial charge in [0.25, 0.3) is 0 Å².